The molecule has 20 heavy (non-hydrogen) atoms. The van der Waals surface area contributed by atoms with E-state index >= 15 is 0 Å². The lowest BCUT2D eigenvalue weighted by Gasteiger charge is -2.11. The Kier molecular flexibility index (Phi) is 3.84. The normalized spacial score (nSPS) is 10.3. The Labute approximate surface area is 116 Å². The van der Waals surface area contributed by atoms with Crippen LogP contribution in [0.15, 0.2) is 35.1 Å². The van der Waals surface area contributed by atoms with E-state index in [0.717, 1.165) is 5.56 Å². The quantitative estimate of drug-likeness (QED) is 0.644. The van der Waals surface area contributed by atoms with Crippen molar-refractivity contribution in [3.8, 4) is 17.0 Å². The van der Waals surface area contributed by atoms with Crippen molar-refractivity contribution in [3.05, 3.63) is 46.2 Å². The number of para-hydroxylation sites is 1. The summed E-state index contributed by atoms with van der Waals surface area (Å²) in [5, 5.41) is 11.7. The lowest BCUT2D eigenvalue weighted by Crippen LogP contribution is -2.29. The van der Waals surface area contributed by atoms with Crippen LogP contribution in [-0.2, 0) is 7.05 Å². The number of nitrogens with zero attached hydrogens (tertiary/aromatic N) is 2. The first-order valence-corrected chi connectivity index (χ1v) is 6.19. The number of nitrogen functional groups attached to an aromatic ring is 1. The number of benzene rings is 1. The smallest absolute Gasteiger partial charge is 0.277 e. The summed E-state index contributed by atoms with van der Waals surface area (Å²) in [5.74, 6) is 0.402. The number of rotatable bonds is 4. The molecule has 0 spiro atoms. The highest BCUT2D eigenvalue weighted by atomic mass is 16.5. The van der Waals surface area contributed by atoms with Gasteiger partial charge in [-0.15, -0.1) is 0 Å². The number of amidine groups is 1. The summed E-state index contributed by atoms with van der Waals surface area (Å²) in [6, 6.07) is 8.92. The van der Waals surface area contributed by atoms with Crippen molar-refractivity contribution >= 4 is 5.84 Å². The van der Waals surface area contributed by atoms with Crippen LogP contribution in [0.4, 0.5) is 0 Å². The topological polar surface area (TPSA) is 94.0 Å². The van der Waals surface area contributed by atoms with Crippen molar-refractivity contribution in [3.63, 3.8) is 0 Å². The standard InChI is InChI=1S/C14H16N4O2/c1-3-20-12-7-5-4-6-9(12)11-8-10(13(15)16)14(19)18(2)17-11/h4-8H,3H2,1-2H3,(H3,15,16). The van der Waals surface area contributed by atoms with Crippen molar-refractivity contribution in [2.24, 2.45) is 12.8 Å². The Balaban J connectivity index is 2.65. The molecular weight excluding hydrogens is 256 g/mol. The van der Waals surface area contributed by atoms with Crippen LogP contribution in [0.5, 0.6) is 5.75 Å². The van der Waals surface area contributed by atoms with Crippen molar-refractivity contribution in [2.45, 2.75) is 6.92 Å². The molecule has 1 aromatic carbocycles. The van der Waals surface area contributed by atoms with Gasteiger partial charge >= 0.3 is 0 Å². The number of nitrogens with one attached hydrogen (secondary N) is 1. The fourth-order valence-corrected chi connectivity index (χ4v) is 1.89. The molecule has 6 heteroatoms. The molecule has 0 aliphatic heterocycles. The molecule has 0 unspecified atom stereocenters. The van der Waals surface area contributed by atoms with Gasteiger partial charge in [0.25, 0.3) is 5.56 Å². The zero-order chi connectivity index (χ0) is 14.7. The van der Waals surface area contributed by atoms with E-state index in [1.54, 1.807) is 0 Å². The minimum absolute atomic E-state index is 0.129. The second-order valence-corrected chi connectivity index (χ2v) is 4.21. The summed E-state index contributed by atoms with van der Waals surface area (Å²) in [4.78, 5) is 11.9. The average Bonchev–Trinajstić information content (AvgIpc) is 2.42. The van der Waals surface area contributed by atoms with Crippen LogP contribution in [0.2, 0.25) is 0 Å². The van der Waals surface area contributed by atoms with Gasteiger partial charge in [-0.1, -0.05) is 12.1 Å². The van der Waals surface area contributed by atoms with Gasteiger partial charge in [0, 0.05) is 12.6 Å². The van der Waals surface area contributed by atoms with Gasteiger partial charge in [0.1, 0.15) is 11.6 Å². The van der Waals surface area contributed by atoms with Gasteiger partial charge in [-0.3, -0.25) is 10.2 Å². The van der Waals surface area contributed by atoms with Crippen LogP contribution < -0.4 is 16.0 Å². The first kappa shape index (κ1) is 13.8. The highest BCUT2D eigenvalue weighted by Crippen LogP contribution is 2.28. The second kappa shape index (κ2) is 5.56. The number of hydrogen-bond donors (Lipinski definition) is 2. The van der Waals surface area contributed by atoms with Crippen LogP contribution >= 0.6 is 0 Å². The second-order valence-electron chi connectivity index (χ2n) is 4.21. The summed E-state index contributed by atoms with van der Waals surface area (Å²) in [6.45, 7) is 2.42. The number of aromatic nitrogens is 2. The molecule has 0 atom stereocenters. The van der Waals surface area contributed by atoms with E-state index in [1.807, 2.05) is 31.2 Å². The van der Waals surface area contributed by atoms with Gasteiger partial charge in [-0.2, -0.15) is 5.10 Å². The first-order valence-electron chi connectivity index (χ1n) is 6.19. The molecule has 0 aliphatic carbocycles. The number of hydrogen-bond acceptors (Lipinski definition) is 4. The Morgan fingerprint density at radius 3 is 2.80 bits per heavy atom. The zero-order valence-electron chi connectivity index (χ0n) is 11.4. The van der Waals surface area contributed by atoms with E-state index < -0.39 is 5.56 Å². The molecule has 0 saturated carbocycles. The monoisotopic (exact) mass is 272 g/mol. The van der Waals surface area contributed by atoms with Crippen LogP contribution in [0.1, 0.15) is 12.5 Å². The summed E-state index contributed by atoms with van der Waals surface area (Å²) < 4.78 is 6.72. The van der Waals surface area contributed by atoms with Crippen molar-refractivity contribution in [2.75, 3.05) is 6.61 Å². The third kappa shape index (κ3) is 2.54. The molecule has 2 rings (SSSR count). The van der Waals surface area contributed by atoms with Gasteiger partial charge in [0.15, 0.2) is 0 Å². The van der Waals surface area contributed by atoms with Crippen LogP contribution in [0.3, 0.4) is 0 Å². The van der Waals surface area contributed by atoms with Crippen molar-refractivity contribution in [1.82, 2.24) is 9.78 Å². The molecule has 0 saturated heterocycles. The Bertz CT molecular complexity index is 707. The minimum atomic E-state index is -0.393. The number of nitrogens with two attached hydrogens (primary N) is 1. The molecule has 0 bridgehead atoms. The summed E-state index contributed by atoms with van der Waals surface area (Å²) in [6.07, 6.45) is 0. The van der Waals surface area contributed by atoms with E-state index in [1.165, 1.54) is 17.8 Å². The lowest BCUT2D eigenvalue weighted by molar-refractivity contribution is 0.341. The fraction of sp³-hybridized carbons (Fsp3) is 0.214. The van der Waals surface area contributed by atoms with Gasteiger partial charge < -0.3 is 10.5 Å². The van der Waals surface area contributed by atoms with Gasteiger partial charge in [0.05, 0.1) is 17.9 Å². The maximum Gasteiger partial charge on any atom is 0.277 e. The molecule has 6 nitrogen and oxygen atoms in total. The summed E-state index contributed by atoms with van der Waals surface area (Å²) >= 11 is 0. The third-order valence-corrected chi connectivity index (χ3v) is 2.82. The number of ether oxygens (including phenoxy) is 1. The fourth-order valence-electron chi connectivity index (χ4n) is 1.89. The van der Waals surface area contributed by atoms with Crippen LogP contribution in [0.25, 0.3) is 11.3 Å². The third-order valence-electron chi connectivity index (χ3n) is 2.82. The van der Waals surface area contributed by atoms with Crippen molar-refractivity contribution in [1.29, 1.82) is 5.41 Å². The molecule has 1 aromatic heterocycles. The van der Waals surface area contributed by atoms with Crippen LogP contribution in [0, 0.1) is 5.41 Å². The Morgan fingerprint density at radius 2 is 2.15 bits per heavy atom. The van der Waals surface area contributed by atoms with Crippen LogP contribution in [-0.4, -0.2) is 22.2 Å². The maximum atomic E-state index is 11.9. The van der Waals surface area contributed by atoms with E-state index in [9.17, 15) is 4.79 Å². The Hall–Kier alpha value is -2.63. The molecular formula is C14H16N4O2. The first-order chi connectivity index (χ1) is 9.54. The predicted molar refractivity (Wildman–Crippen MR) is 77.1 cm³/mol. The average molecular weight is 272 g/mol. The van der Waals surface area contributed by atoms with Gasteiger partial charge in [-0.05, 0) is 25.1 Å². The summed E-state index contributed by atoms with van der Waals surface area (Å²) in [5.41, 5.74) is 6.47. The van der Waals surface area contributed by atoms with Gasteiger partial charge in [0.2, 0.25) is 0 Å². The van der Waals surface area contributed by atoms with Crippen molar-refractivity contribution < 1.29 is 4.74 Å². The molecule has 3 N–H and O–H groups in total. The van der Waals surface area contributed by atoms with E-state index in [0.29, 0.717) is 18.1 Å². The highest BCUT2D eigenvalue weighted by molar-refractivity contribution is 5.95. The van der Waals surface area contributed by atoms with E-state index in [4.69, 9.17) is 15.9 Å². The molecule has 0 radical (unpaired) electrons. The molecule has 104 valence electrons. The van der Waals surface area contributed by atoms with Gasteiger partial charge in [-0.25, -0.2) is 4.68 Å². The predicted octanol–water partition coefficient (Wildman–Crippen LogP) is 1.13. The SMILES string of the molecule is CCOc1ccccc1-c1cc(C(=N)N)c(=O)n(C)n1. The minimum Gasteiger partial charge on any atom is -0.493 e. The molecule has 0 fully saturated rings. The lowest BCUT2D eigenvalue weighted by atomic mass is 10.1. The van der Waals surface area contributed by atoms with E-state index in [2.05, 4.69) is 5.10 Å². The highest BCUT2D eigenvalue weighted by Gasteiger charge is 2.13. The Morgan fingerprint density at radius 1 is 1.45 bits per heavy atom. The zero-order valence-corrected chi connectivity index (χ0v) is 11.4. The number of aryl methyl sites for hydroxylation is 1. The molecule has 1 heterocycles. The molecule has 0 amide bonds. The molecule has 0 aliphatic rings. The largest absolute Gasteiger partial charge is 0.493 e. The summed E-state index contributed by atoms with van der Waals surface area (Å²) in [7, 11) is 1.53. The van der Waals surface area contributed by atoms with E-state index in [-0.39, 0.29) is 11.4 Å². The maximum absolute atomic E-state index is 11.9. The molecule has 2 aromatic rings.